The lowest BCUT2D eigenvalue weighted by Gasteiger charge is -2.28. The molecule has 0 saturated heterocycles. The molecular formula is C22H25NO5. The summed E-state index contributed by atoms with van der Waals surface area (Å²) in [6.45, 7) is 1.59. The first kappa shape index (κ1) is 18.6. The lowest BCUT2D eigenvalue weighted by molar-refractivity contribution is -0.125. The molecule has 4 unspecified atom stereocenters. The van der Waals surface area contributed by atoms with Crippen LogP contribution in [0.5, 0.6) is 11.5 Å². The zero-order chi connectivity index (χ0) is 19.8. The Morgan fingerprint density at radius 1 is 1.18 bits per heavy atom. The van der Waals surface area contributed by atoms with E-state index in [-0.39, 0.29) is 29.0 Å². The molecule has 4 rings (SSSR count). The molecule has 2 aliphatic carbocycles. The number of esters is 1. The Morgan fingerprint density at radius 2 is 1.93 bits per heavy atom. The van der Waals surface area contributed by atoms with E-state index in [9.17, 15) is 19.8 Å². The second-order valence-corrected chi connectivity index (χ2v) is 8.11. The molecule has 0 radical (unpaired) electrons. The summed E-state index contributed by atoms with van der Waals surface area (Å²) < 4.78 is 5.08. The highest BCUT2D eigenvalue weighted by Gasteiger charge is 2.42. The Bertz CT molecular complexity index is 925. The van der Waals surface area contributed by atoms with Crippen LogP contribution in [0.15, 0.2) is 30.3 Å². The summed E-state index contributed by atoms with van der Waals surface area (Å²) in [6.07, 6.45) is 4.98. The molecule has 2 aromatic rings. The van der Waals surface area contributed by atoms with Gasteiger partial charge in [0.1, 0.15) is 17.1 Å². The molecular weight excluding hydrogens is 358 g/mol. The summed E-state index contributed by atoms with van der Waals surface area (Å²) in [5, 5.41) is 24.2. The Labute approximate surface area is 163 Å². The number of phenols is 2. The van der Waals surface area contributed by atoms with E-state index < -0.39 is 12.6 Å². The maximum absolute atomic E-state index is 12.3. The minimum absolute atomic E-state index is 0.0552. The SMILES string of the molecule is CC(NC(=O)COC(=O)c1cc(O)c2ccccc2c1O)C1CC2CCC1C2. The number of nitrogens with one attached hydrogen (secondary N) is 1. The molecule has 3 N–H and O–H groups in total. The average Bonchev–Trinajstić information content (AvgIpc) is 3.32. The fraction of sp³-hybridized carbons (Fsp3) is 0.455. The normalized spacial score (nSPS) is 24.2. The number of phenolic OH excluding ortho intramolecular Hbond substituents is 2. The molecule has 2 bridgehead atoms. The molecule has 1 amide bonds. The molecule has 6 heteroatoms. The van der Waals surface area contributed by atoms with Gasteiger partial charge in [-0.2, -0.15) is 0 Å². The maximum Gasteiger partial charge on any atom is 0.342 e. The minimum Gasteiger partial charge on any atom is -0.507 e. The molecule has 6 nitrogen and oxygen atoms in total. The second kappa shape index (κ2) is 7.34. The first-order chi connectivity index (χ1) is 13.4. The summed E-state index contributed by atoms with van der Waals surface area (Å²) in [6, 6.07) is 7.88. The number of hydrogen-bond donors (Lipinski definition) is 3. The van der Waals surface area contributed by atoms with Crippen molar-refractivity contribution < 1.29 is 24.5 Å². The number of aromatic hydroxyl groups is 2. The third kappa shape index (κ3) is 3.39. The van der Waals surface area contributed by atoms with E-state index >= 15 is 0 Å². The van der Waals surface area contributed by atoms with Crippen LogP contribution in [-0.2, 0) is 9.53 Å². The van der Waals surface area contributed by atoms with Gasteiger partial charge in [-0.1, -0.05) is 30.7 Å². The zero-order valence-electron chi connectivity index (χ0n) is 15.9. The lowest BCUT2D eigenvalue weighted by Crippen LogP contribution is -2.42. The van der Waals surface area contributed by atoms with Gasteiger partial charge in [-0.3, -0.25) is 4.79 Å². The van der Waals surface area contributed by atoms with Crippen LogP contribution in [0.2, 0.25) is 0 Å². The van der Waals surface area contributed by atoms with E-state index in [4.69, 9.17) is 4.74 Å². The molecule has 148 valence electrons. The van der Waals surface area contributed by atoms with Crippen LogP contribution in [-0.4, -0.2) is 34.7 Å². The third-order valence-electron chi connectivity index (χ3n) is 6.37. The topological polar surface area (TPSA) is 95.9 Å². The number of ether oxygens (including phenoxy) is 1. The Balaban J connectivity index is 1.37. The largest absolute Gasteiger partial charge is 0.507 e. The number of hydrogen-bond acceptors (Lipinski definition) is 5. The maximum atomic E-state index is 12.3. The van der Waals surface area contributed by atoms with Crippen molar-refractivity contribution >= 4 is 22.6 Å². The van der Waals surface area contributed by atoms with E-state index in [0.717, 1.165) is 18.4 Å². The van der Waals surface area contributed by atoms with E-state index in [1.54, 1.807) is 24.3 Å². The summed E-state index contributed by atoms with van der Waals surface area (Å²) in [4.78, 5) is 24.6. The minimum atomic E-state index is -0.846. The van der Waals surface area contributed by atoms with Crippen molar-refractivity contribution in [1.29, 1.82) is 0 Å². The highest BCUT2D eigenvalue weighted by atomic mass is 16.5. The van der Waals surface area contributed by atoms with Gasteiger partial charge in [0.2, 0.25) is 0 Å². The van der Waals surface area contributed by atoms with Crippen LogP contribution in [0.25, 0.3) is 10.8 Å². The number of carbonyl (C=O) groups excluding carboxylic acids is 2. The van der Waals surface area contributed by atoms with Crippen LogP contribution < -0.4 is 5.32 Å². The molecule has 2 aromatic carbocycles. The number of fused-ring (bicyclic) bond motifs is 3. The van der Waals surface area contributed by atoms with Crippen LogP contribution in [0.3, 0.4) is 0 Å². The monoisotopic (exact) mass is 383 g/mol. The molecule has 2 saturated carbocycles. The summed E-state index contributed by atoms with van der Waals surface area (Å²) in [5.74, 6) is 0.397. The molecule has 0 aromatic heterocycles. The van der Waals surface area contributed by atoms with Crippen LogP contribution in [0.1, 0.15) is 43.0 Å². The van der Waals surface area contributed by atoms with Gasteiger partial charge < -0.3 is 20.3 Å². The van der Waals surface area contributed by atoms with Gasteiger partial charge in [0.05, 0.1) is 0 Å². The number of carbonyl (C=O) groups is 2. The number of amides is 1. The highest BCUT2D eigenvalue weighted by Crippen LogP contribution is 2.49. The fourth-order valence-electron chi connectivity index (χ4n) is 5.01. The van der Waals surface area contributed by atoms with Gasteiger partial charge in [0.25, 0.3) is 5.91 Å². The van der Waals surface area contributed by atoms with Crippen molar-refractivity contribution in [3.63, 3.8) is 0 Å². The van der Waals surface area contributed by atoms with Crippen molar-refractivity contribution in [2.45, 2.75) is 38.6 Å². The Hall–Kier alpha value is -2.76. The smallest absolute Gasteiger partial charge is 0.342 e. The molecule has 0 aliphatic heterocycles. The quantitative estimate of drug-likeness (QED) is 0.544. The van der Waals surface area contributed by atoms with Gasteiger partial charge in [0, 0.05) is 16.8 Å². The van der Waals surface area contributed by atoms with E-state index in [0.29, 0.717) is 22.6 Å². The molecule has 0 heterocycles. The van der Waals surface area contributed by atoms with Gasteiger partial charge in [0.15, 0.2) is 6.61 Å². The third-order valence-corrected chi connectivity index (χ3v) is 6.37. The van der Waals surface area contributed by atoms with Gasteiger partial charge in [-0.05, 0) is 50.0 Å². The van der Waals surface area contributed by atoms with Crippen molar-refractivity contribution in [2.75, 3.05) is 6.61 Å². The van der Waals surface area contributed by atoms with E-state index in [1.165, 1.54) is 19.3 Å². The van der Waals surface area contributed by atoms with E-state index in [1.807, 2.05) is 6.92 Å². The molecule has 28 heavy (non-hydrogen) atoms. The predicted octanol–water partition coefficient (Wildman–Crippen LogP) is 3.35. The molecule has 2 fully saturated rings. The lowest BCUT2D eigenvalue weighted by atomic mass is 9.84. The highest BCUT2D eigenvalue weighted by molar-refractivity contribution is 6.04. The number of benzene rings is 2. The Kier molecular flexibility index (Phi) is 4.87. The Morgan fingerprint density at radius 3 is 2.61 bits per heavy atom. The van der Waals surface area contributed by atoms with Gasteiger partial charge >= 0.3 is 5.97 Å². The van der Waals surface area contributed by atoms with Crippen LogP contribution in [0, 0.1) is 17.8 Å². The van der Waals surface area contributed by atoms with Crippen molar-refractivity contribution in [1.82, 2.24) is 5.32 Å². The zero-order valence-corrected chi connectivity index (χ0v) is 15.9. The van der Waals surface area contributed by atoms with Crippen LogP contribution >= 0.6 is 0 Å². The molecule has 2 aliphatic rings. The second-order valence-electron chi connectivity index (χ2n) is 8.11. The standard InChI is InChI=1S/C22H25NO5/c1-12(17-9-13-6-7-14(17)8-13)23-20(25)11-28-22(27)18-10-19(24)15-4-2-3-5-16(15)21(18)26/h2-5,10,12-14,17,24,26H,6-9,11H2,1H3,(H,23,25). The first-order valence-corrected chi connectivity index (χ1v) is 9.84. The van der Waals surface area contributed by atoms with Gasteiger partial charge in [-0.15, -0.1) is 0 Å². The molecule has 0 spiro atoms. The first-order valence-electron chi connectivity index (χ1n) is 9.84. The van der Waals surface area contributed by atoms with Crippen molar-refractivity contribution in [3.05, 3.63) is 35.9 Å². The summed E-state index contributed by atoms with van der Waals surface area (Å²) >= 11 is 0. The average molecular weight is 383 g/mol. The fourth-order valence-corrected chi connectivity index (χ4v) is 5.01. The summed E-state index contributed by atoms with van der Waals surface area (Å²) in [5.41, 5.74) is -0.162. The number of rotatable bonds is 5. The van der Waals surface area contributed by atoms with E-state index in [2.05, 4.69) is 5.32 Å². The summed E-state index contributed by atoms with van der Waals surface area (Å²) in [7, 11) is 0. The van der Waals surface area contributed by atoms with Gasteiger partial charge in [-0.25, -0.2) is 4.79 Å². The van der Waals surface area contributed by atoms with Crippen molar-refractivity contribution in [2.24, 2.45) is 17.8 Å². The molecule has 4 atom stereocenters. The van der Waals surface area contributed by atoms with Crippen molar-refractivity contribution in [3.8, 4) is 11.5 Å². The van der Waals surface area contributed by atoms with Crippen LogP contribution in [0.4, 0.5) is 0 Å². The predicted molar refractivity (Wildman–Crippen MR) is 104 cm³/mol.